The second-order valence-corrected chi connectivity index (χ2v) is 6.14. The van der Waals surface area contributed by atoms with Gasteiger partial charge in [0.05, 0.1) is 22.2 Å². The van der Waals surface area contributed by atoms with Gasteiger partial charge in [0.1, 0.15) is 6.61 Å². The molecular formula is C16H13BrCl2O3. The minimum absolute atomic E-state index is 0.269. The second-order valence-electron chi connectivity index (χ2n) is 4.41. The molecule has 2 rings (SSSR count). The van der Waals surface area contributed by atoms with Crippen molar-refractivity contribution in [3.05, 3.63) is 62.0 Å². The Hall–Kier alpha value is -1.23. The van der Waals surface area contributed by atoms with Gasteiger partial charge in [-0.15, -0.1) is 0 Å². The van der Waals surface area contributed by atoms with Gasteiger partial charge in [0.2, 0.25) is 0 Å². The number of esters is 1. The summed E-state index contributed by atoms with van der Waals surface area (Å²) < 4.78 is 11.5. The minimum Gasteiger partial charge on any atom is -0.486 e. The molecule has 0 saturated carbocycles. The van der Waals surface area contributed by atoms with Crippen molar-refractivity contribution in [1.29, 1.82) is 0 Å². The van der Waals surface area contributed by atoms with Crippen molar-refractivity contribution in [3.63, 3.8) is 0 Å². The van der Waals surface area contributed by atoms with Crippen LogP contribution in [0.15, 0.2) is 40.9 Å². The highest BCUT2D eigenvalue weighted by molar-refractivity contribution is 9.10. The average Bonchev–Trinajstić information content (AvgIpc) is 2.46. The predicted molar refractivity (Wildman–Crippen MR) is 90.9 cm³/mol. The van der Waals surface area contributed by atoms with E-state index in [1.54, 1.807) is 6.92 Å². The van der Waals surface area contributed by atoms with Gasteiger partial charge in [-0.2, -0.15) is 0 Å². The summed E-state index contributed by atoms with van der Waals surface area (Å²) in [5, 5.41) is 0.538. The van der Waals surface area contributed by atoms with E-state index < -0.39 is 5.97 Å². The normalized spacial score (nSPS) is 10.4. The highest BCUT2D eigenvalue weighted by atomic mass is 79.9. The number of carbonyl (C=O) groups excluding carboxylic acids is 1. The lowest BCUT2D eigenvalue weighted by Gasteiger charge is -2.12. The van der Waals surface area contributed by atoms with Gasteiger partial charge < -0.3 is 9.47 Å². The monoisotopic (exact) mass is 402 g/mol. The number of ether oxygens (including phenoxy) is 2. The zero-order chi connectivity index (χ0) is 16.1. The van der Waals surface area contributed by atoms with Crippen LogP contribution in [0.2, 0.25) is 10.0 Å². The van der Waals surface area contributed by atoms with Gasteiger partial charge in [-0.3, -0.25) is 0 Å². The molecule has 2 aromatic rings. The molecule has 0 N–H and O–H groups in total. The number of halogens is 3. The molecule has 0 radical (unpaired) electrons. The van der Waals surface area contributed by atoms with Crippen LogP contribution in [-0.4, -0.2) is 12.6 Å². The Balaban J connectivity index is 2.16. The molecule has 0 aromatic heterocycles. The van der Waals surface area contributed by atoms with Crippen LogP contribution < -0.4 is 4.74 Å². The van der Waals surface area contributed by atoms with E-state index >= 15 is 0 Å². The van der Waals surface area contributed by atoms with E-state index in [0.717, 1.165) is 10.0 Å². The van der Waals surface area contributed by atoms with E-state index in [4.69, 9.17) is 32.7 Å². The summed E-state index contributed by atoms with van der Waals surface area (Å²) >= 11 is 15.7. The van der Waals surface area contributed by atoms with E-state index in [9.17, 15) is 4.79 Å². The summed E-state index contributed by atoms with van der Waals surface area (Å²) in [7, 11) is 0. The van der Waals surface area contributed by atoms with Crippen LogP contribution in [-0.2, 0) is 11.3 Å². The Kier molecular flexibility index (Phi) is 6.12. The van der Waals surface area contributed by atoms with Crippen molar-refractivity contribution in [2.75, 3.05) is 6.61 Å². The first kappa shape index (κ1) is 17.1. The molecule has 0 aliphatic rings. The van der Waals surface area contributed by atoms with Gasteiger partial charge in [-0.05, 0) is 36.8 Å². The maximum Gasteiger partial charge on any atom is 0.338 e. The zero-order valence-corrected chi connectivity index (χ0v) is 14.8. The molecule has 0 aliphatic heterocycles. The maximum absolute atomic E-state index is 11.7. The van der Waals surface area contributed by atoms with Crippen LogP contribution in [0.1, 0.15) is 22.8 Å². The molecule has 0 amide bonds. The number of benzene rings is 2. The molecule has 6 heteroatoms. The smallest absolute Gasteiger partial charge is 0.338 e. The van der Waals surface area contributed by atoms with E-state index in [-0.39, 0.29) is 16.7 Å². The van der Waals surface area contributed by atoms with Gasteiger partial charge in [-0.1, -0.05) is 51.3 Å². The van der Waals surface area contributed by atoms with Crippen molar-refractivity contribution in [1.82, 2.24) is 0 Å². The summed E-state index contributed by atoms with van der Waals surface area (Å²) in [6.07, 6.45) is 0. The Morgan fingerprint density at radius 1 is 1.18 bits per heavy atom. The highest BCUT2D eigenvalue weighted by Crippen LogP contribution is 2.35. The van der Waals surface area contributed by atoms with Crippen molar-refractivity contribution >= 4 is 45.1 Å². The molecule has 0 saturated heterocycles. The summed E-state index contributed by atoms with van der Waals surface area (Å²) in [5.41, 5.74) is 1.27. The van der Waals surface area contributed by atoms with Gasteiger partial charge in [0, 0.05) is 4.47 Å². The first-order valence-corrected chi connectivity index (χ1v) is 8.09. The van der Waals surface area contributed by atoms with Crippen LogP contribution in [0, 0.1) is 0 Å². The SMILES string of the molecule is CCOC(=O)c1cc(Cl)c(OCc2cccc(Br)c2)c(Cl)c1. The third-order valence-electron chi connectivity index (χ3n) is 2.78. The summed E-state index contributed by atoms with van der Waals surface area (Å²) in [5.74, 6) is -0.124. The van der Waals surface area contributed by atoms with E-state index in [2.05, 4.69) is 15.9 Å². The molecule has 2 aromatic carbocycles. The Labute approximate surface area is 147 Å². The fourth-order valence-electron chi connectivity index (χ4n) is 1.81. The number of rotatable bonds is 5. The molecule has 22 heavy (non-hydrogen) atoms. The van der Waals surface area contributed by atoms with Crippen LogP contribution >= 0.6 is 39.1 Å². The summed E-state index contributed by atoms with van der Waals surface area (Å²) in [6.45, 7) is 2.34. The molecule has 0 atom stereocenters. The van der Waals surface area contributed by atoms with Crippen LogP contribution in [0.3, 0.4) is 0 Å². The average molecular weight is 404 g/mol. The topological polar surface area (TPSA) is 35.5 Å². The molecule has 3 nitrogen and oxygen atoms in total. The second kappa shape index (κ2) is 7.86. The van der Waals surface area contributed by atoms with Gasteiger partial charge in [0.25, 0.3) is 0 Å². The van der Waals surface area contributed by atoms with E-state index in [1.807, 2.05) is 24.3 Å². The number of carbonyl (C=O) groups is 1. The molecule has 0 spiro atoms. The Bertz CT molecular complexity index is 666. The van der Waals surface area contributed by atoms with Crippen molar-refractivity contribution in [3.8, 4) is 5.75 Å². The van der Waals surface area contributed by atoms with Crippen LogP contribution in [0.5, 0.6) is 5.75 Å². The Morgan fingerprint density at radius 3 is 2.45 bits per heavy atom. The first-order chi connectivity index (χ1) is 10.5. The van der Waals surface area contributed by atoms with E-state index in [0.29, 0.717) is 17.9 Å². The minimum atomic E-state index is -0.468. The molecule has 0 heterocycles. The van der Waals surface area contributed by atoms with Crippen molar-refractivity contribution < 1.29 is 14.3 Å². The summed E-state index contributed by atoms with van der Waals surface area (Å²) in [6, 6.07) is 10.7. The summed E-state index contributed by atoms with van der Waals surface area (Å²) in [4.78, 5) is 11.7. The van der Waals surface area contributed by atoms with Crippen LogP contribution in [0.4, 0.5) is 0 Å². The predicted octanol–water partition coefficient (Wildman–Crippen LogP) is 5.51. The highest BCUT2D eigenvalue weighted by Gasteiger charge is 2.15. The van der Waals surface area contributed by atoms with Gasteiger partial charge >= 0.3 is 5.97 Å². The Morgan fingerprint density at radius 2 is 1.86 bits per heavy atom. The standard InChI is InChI=1S/C16H13BrCl2O3/c1-2-21-16(20)11-7-13(18)15(14(19)8-11)22-9-10-4-3-5-12(17)6-10/h3-8H,2,9H2,1H3. The lowest BCUT2D eigenvalue weighted by molar-refractivity contribution is 0.0526. The zero-order valence-electron chi connectivity index (χ0n) is 11.7. The van der Waals surface area contributed by atoms with Gasteiger partial charge in [-0.25, -0.2) is 4.79 Å². The quantitative estimate of drug-likeness (QED) is 0.617. The fraction of sp³-hybridized carbons (Fsp3) is 0.188. The number of hydrogen-bond acceptors (Lipinski definition) is 3. The third-order valence-corrected chi connectivity index (χ3v) is 3.84. The maximum atomic E-state index is 11.7. The lowest BCUT2D eigenvalue weighted by atomic mass is 10.2. The van der Waals surface area contributed by atoms with Gasteiger partial charge in [0.15, 0.2) is 5.75 Å². The molecule has 0 aliphatic carbocycles. The molecule has 116 valence electrons. The van der Waals surface area contributed by atoms with E-state index in [1.165, 1.54) is 12.1 Å². The largest absolute Gasteiger partial charge is 0.486 e. The lowest BCUT2D eigenvalue weighted by Crippen LogP contribution is -2.05. The molecule has 0 unspecified atom stereocenters. The van der Waals surface area contributed by atoms with Crippen LogP contribution in [0.25, 0.3) is 0 Å². The first-order valence-electron chi connectivity index (χ1n) is 6.54. The van der Waals surface area contributed by atoms with Crippen molar-refractivity contribution in [2.24, 2.45) is 0 Å². The fourth-order valence-corrected chi connectivity index (χ4v) is 2.86. The molecular weight excluding hydrogens is 391 g/mol. The molecule has 0 fully saturated rings. The number of hydrogen-bond donors (Lipinski definition) is 0. The molecule has 0 bridgehead atoms. The third kappa shape index (κ3) is 4.38. The van der Waals surface area contributed by atoms with Crippen molar-refractivity contribution in [2.45, 2.75) is 13.5 Å².